The van der Waals surface area contributed by atoms with Crippen LogP contribution in [-0.2, 0) is 6.54 Å². The highest BCUT2D eigenvalue weighted by molar-refractivity contribution is 6.12. The average molecular weight is 412 g/mol. The summed E-state index contributed by atoms with van der Waals surface area (Å²) < 4.78 is 6.93. The second-order valence-electron chi connectivity index (χ2n) is 6.88. The van der Waals surface area contributed by atoms with Gasteiger partial charge in [-0.2, -0.15) is 0 Å². The fourth-order valence-electron chi connectivity index (χ4n) is 3.41. The number of nitrogens with zero attached hydrogens (tertiary/aromatic N) is 5. The monoisotopic (exact) mass is 412 g/mol. The maximum absolute atomic E-state index is 13.1. The molecule has 1 amide bonds. The van der Waals surface area contributed by atoms with E-state index in [4.69, 9.17) is 10.5 Å². The van der Waals surface area contributed by atoms with E-state index in [-0.39, 0.29) is 22.8 Å². The molecule has 3 heterocycles. The van der Waals surface area contributed by atoms with Crippen LogP contribution in [0.1, 0.15) is 15.9 Å². The molecule has 4 aromatic rings. The molecule has 2 aromatic carbocycles. The second-order valence-corrected chi connectivity index (χ2v) is 6.88. The highest BCUT2D eigenvalue weighted by atomic mass is 16.5. The van der Waals surface area contributed by atoms with Gasteiger partial charge < -0.3 is 10.5 Å². The molecule has 0 fully saturated rings. The van der Waals surface area contributed by atoms with Gasteiger partial charge in [-0.1, -0.05) is 30.3 Å². The van der Waals surface area contributed by atoms with Gasteiger partial charge in [-0.25, -0.2) is 15.0 Å². The first kappa shape index (κ1) is 18.5. The molecule has 1 aliphatic rings. The van der Waals surface area contributed by atoms with Crippen LogP contribution in [0.15, 0.2) is 78.4 Å². The van der Waals surface area contributed by atoms with E-state index < -0.39 is 5.91 Å². The lowest BCUT2D eigenvalue weighted by Gasteiger charge is -2.18. The summed E-state index contributed by atoms with van der Waals surface area (Å²) in [5.74, 6) is -0.380. The second kappa shape index (κ2) is 7.38. The molecular formula is C22H16N6O3. The van der Waals surface area contributed by atoms with Gasteiger partial charge in [-0.05, 0) is 23.8 Å². The number of benzene rings is 2. The molecule has 0 bridgehead atoms. The standard InChI is InChI=1S/C22H16N6O3/c23-19-18-20(25-12-24-19)31-9-8-28(22(18)30)15-6-7-17-16(10-15)21(29)27(13-26-17)11-14-4-2-1-3-5-14/h1-10,12-13H,11H2,(H2,23,24,25). The third kappa shape index (κ3) is 3.27. The van der Waals surface area contributed by atoms with E-state index in [2.05, 4.69) is 15.0 Å². The number of nitrogen functional groups attached to an aromatic ring is 1. The number of fused-ring (bicyclic) bond motifs is 2. The molecule has 152 valence electrons. The Balaban J connectivity index is 1.58. The van der Waals surface area contributed by atoms with E-state index in [1.165, 1.54) is 34.6 Å². The molecule has 5 rings (SSSR count). The lowest BCUT2D eigenvalue weighted by atomic mass is 10.1. The van der Waals surface area contributed by atoms with Gasteiger partial charge in [-0.15, -0.1) is 0 Å². The van der Waals surface area contributed by atoms with Crippen LogP contribution in [-0.4, -0.2) is 25.4 Å². The number of anilines is 2. The normalized spacial score (nSPS) is 13.0. The van der Waals surface area contributed by atoms with Gasteiger partial charge in [0, 0.05) is 11.9 Å². The minimum atomic E-state index is -0.463. The SMILES string of the molecule is Nc1ncnc2c1C(=O)N(c1ccc3ncn(Cc4ccccc4)c(=O)c3c1)C=CO2. The molecule has 0 aliphatic carbocycles. The van der Waals surface area contributed by atoms with Crippen molar-refractivity contribution in [1.82, 2.24) is 19.5 Å². The number of amides is 1. The Labute approximate surface area is 176 Å². The molecule has 2 aromatic heterocycles. The third-order valence-electron chi connectivity index (χ3n) is 4.95. The van der Waals surface area contributed by atoms with Gasteiger partial charge in [0.1, 0.15) is 24.0 Å². The lowest BCUT2D eigenvalue weighted by Crippen LogP contribution is -2.26. The number of hydrogen-bond acceptors (Lipinski definition) is 7. The van der Waals surface area contributed by atoms with Crippen molar-refractivity contribution in [2.75, 3.05) is 10.6 Å². The zero-order valence-electron chi connectivity index (χ0n) is 16.2. The number of nitrogens with two attached hydrogens (primary N) is 1. The first-order valence-electron chi connectivity index (χ1n) is 9.42. The fourth-order valence-corrected chi connectivity index (χ4v) is 3.41. The predicted octanol–water partition coefficient (Wildman–Crippen LogP) is 2.33. The maximum Gasteiger partial charge on any atom is 0.271 e. The van der Waals surface area contributed by atoms with Crippen molar-refractivity contribution in [3.05, 3.63) is 95.1 Å². The van der Waals surface area contributed by atoms with Gasteiger partial charge in [-0.3, -0.25) is 19.1 Å². The van der Waals surface area contributed by atoms with E-state index >= 15 is 0 Å². The summed E-state index contributed by atoms with van der Waals surface area (Å²) in [4.78, 5) is 39.8. The molecule has 0 saturated heterocycles. The molecule has 1 aliphatic heterocycles. The average Bonchev–Trinajstić information content (AvgIpc) is 2.96. The van der Waals surface area contributed by atoms with Crippen LogP contribution >= 0.6 is 0 Å². The zero-order chi connectivity index (χ0) is 21.4. The van der Waals surface area contributed by atoms with Crippen LogP contribution in [0.3, 0.4) is 0 Å². The molecular weight excluding hydrogens is 396 g/mol. The van der Waals surface area contributed by atoms with Gasteiger partial charge in [0.25, 0.3) is 11.5 Å². The van der Waals surface area contributed by atoms with Gasteiger partial charge in [0.05, 0.1) is 23.8 Å². The largest absolute Gasteiger partial charge is 0.444 e. The zero-order valence-corrected chi connectivity index (χ0v) is 16.2. The minimum absolute atomic E-state index is 0.0105. The number of carbonyl (C=O) groups is 1. The van der Waals surface area contributed by atoms with Crippen molar-refractivity contribution in [1.29, 1.82) is 0 Å². The summed E-state index contributed by atoms with van der Waals surface area (Å²) in [6, 6.07) is 14.7. The van der Waals surface area contributed by atoms with E-state index in [9.17, 15) is 9.59 Å². The van der Waals surface area contributed by atoms with Crippen LogP contribution in [0.5, 0.6) is 5.88 Å². The number of hydrogen-bond donors (Lipinski definition) is 1. The minimum Gasteiger partial charge on any atom is -0.444 e. The van der Waals surface area contributed by atoms with Crippen LogP contribution < -0.4 is 20.9 Å². The number of aromatic nitrogens is 4. The van der Waals surface area contributed by atoms with Crippen molar-refractivity contribution >= 4 is 28.3 Å². The van der Waals surface area contributed by atoms with Crippen molar-refractivity contribution in [3.8, 4) is 5.88 Å². The summed E-state index contributed by atoms with van der Waals surface area (Å²) in [6.45, 7) is 0.393. The van der Waals surface area contributed by atoms with Crippen LogP contribution in [0.4, 0.5) is 11.5 Å². The molecule has 0 atom stereocenters. The van der Waals surface area contributed by atoms with Gasteiger partial charge in [0.2, 0.25) is 5.88 Å². The number of carbonyl (C=O) groups excluding carboxylic acids is 1. The highest BCUT2D eigenvalue weighted by Gasteiger charge is 2.27. The van der Waals surface area contributed by atoms with Crippen molar-refractivity contribution in [2.45, 2.75) is 6.54 Å². The van der Waals surface area contributed by atoms with E-state index in [1.807, 2.05) is 30.3 Å². The fraction of sp³-hybridized carbons (Fsp3) is 0.0455. The van der Waals surface area contributed by atoms with Crippen LogP contribution in [0, 0.1) is 0 Å². The Morgan fingerprint density at radius 3 is 2.68 bits per heavy atom. The molecule has 0 saturated carbocycles. The summed E-state index contributed by atoms with van der Waals surface area (Å²) in [7, 11) is 0. The van der Waals surface area contributed by atoms with Gasteiger partial charge in [0.15, 0.2) is 0 Å². The topological polar surface area (TPSA) is 116 Å². The predicted molar refractivity (Wildman–Crippen MR) is 115 cm³/mol. The Morgan fingerprint density at radius 2 is 1.84 bits per heavy atom. The molecule has 0 spiro atoms. The Kier molecular flexibility index (Phi) is 4.40. The molecule has 2 N–H and O–H groups in total. The summed E-state index contributed by atoms with van der Waals surface area (Å²) in [5, 5.41) is 0.389. The smallest absolute Gasteiger partial charge is 0.271 e. The Bertz CT molecular complexity index is 1400. The van der Waals surface area contributed by atoms with E-state index in [0.717, 1.165) is 5.56 Å². The summed E-state index contributed by atoms with van der Waals surface area (Å²) >= 11 is 0. The van der Waals surface area contributed by atoms with Crippen molar-refractivity contribution in [2.24, 2.45) is 0 Å². The molecule has 9 nitrogen and oxygen atoms in total. The Morgan fingerprint density at radius 1 is 1.00 bits per heavy atom. The molecule has 9 heteroatoms. The Hall–Kier alpha value is -4.53. The van der Waals surface area contributed by atoms with Crippen molar-refractivity contribution < 1.29 is 9.53 Å². The first-order valence-corrected chi connectivity index (χ1v) is 9.42. The maximum atomic E-state index is 13.1. The van der Waals surface area contributed by atoms with Crippen molar-refractivity contribution in [3.63, 3.8) is 0 Å². The lowest BCUT2D eigenvalue weighted by molar-refractivity contribution is 0.0997. The van der Waals surface area contributed by atoms with Crippen LogP contribution in [0.25, 0.3) is 10.9 Å². The quantitative estimate of drug-likeness (QED) is 0.549. The summed E-state index contributed by atoms with van der Waals surface area (Å²) in [5.41, 5.74) is 7.71. The summed E-state index contributed by atoms with van der Waals surface area (Å²) in [6.07, 6.45) is 5.53. The molecule has 0 unspecified atom stereocenters. The number of rotatable bonds is 3. The molecule has 31 heavy (non-hydrogen) atoms. The molecule has 0 radical (unpaired) electrons. The first-order chi connectivity index (χ1) is 15.1. The van der Waals surface area contributed by atoms with Crippen LogP contribution in [0.2, 0.25) is 0 Å². The third-order valence-corrected chi connectivity index (χ3v) is 4.95. The van der Waals surface area contributed by atoms with Gasteiger partial charge >= 0.3 is 0 Å². The van der Waals surface area contributed by atoms with E-state index in [0.29, 0.717) is 23.1 Å². The van der Waals surface area contributed by atoms with E-state index in [1.54, 1.807) is 18.2 Å². The highest BCUT2D eigenvalue weighted by Crippen LogP contribution is 2.28. The number of ether oxygens (including phenoxy) is 1.